The van der Waals surface area contributed by atoms with E-state index in [4.69, 9.17) is 9.47 Å². The van der Waals surface area contributed by atoms with E-state index in [1.54, 1.807) is 0 Å². The van der Waals surface area contributed by atoms with Crippen LogP contribution in [0.4, 0.5) is 0 Å². The first-order valence-corrected chi connectivity index (χ1v) is 7.42. The van der Waals surface area contributed by atoms with Gasteiger partial charge in [0.2, 0.25) is 0 Å². The molecule has 0 aliphatic rings. The SMILES string of the molecule is CC(C)(C)CC(COc1ccccc1)Oc1ccccc1. The third-order valence-corrected chi connectivity index (χ3v) is 3.07. The van der Waals surface area contributed by atoms with E-state index in [-0.39, 0.29) is 11.5 Å². The zero-order valence-electron chi connectivity index (χ0n) is 13.1. The fourth-order valence-corrected chi connectivity index (χ4v) is 2.22. The third kappa shape index (κ3) is 5.90. The summed E-state index contributed by atoms with van der Waals surface area (Å²) < 4.78 is 11.9. The van der Waals surface area contributed by atoms with Crippen LogP contribution in [-0.2, 0) is 0 Å². The Morgan fingerprint density at radius 3 is 1.86 bits per heavy atom. The monoisotopic (exact) mass is 284 g/mol. The van der Waals surface area contributed by atoms with E-state index in [9.17, 15) is 0 Å². The summed E-state index contributed by atoms with van der Waals surface area (Å²) in [5, 5.41) is 0. The molecule has 0 fully saturated rings. The van der Waals surface area contributed by atoms with Crippen molar-refractivity contribution in [2.75, 3.05) is 6.61 Å². The van der Waals surface area contributed by atoms with Gasteiger partial charge in [-0.15, -0.1) is 0 Å². The largest absolute Gasteiger partial charge is 0.490 e. The molecule has 2 heteroatoms. The molecule has 112 valence electrons. The van der Waals surface area contributed by atoms with Gasteiger partial charge >= 0.3 is 0 Å². The average molecular weight is 284 g/mol. The van der Waals surface area contributed by atoms with Crippen LogP contribution in [0.3, 0.4) is 0 Å². The fourth-order valence-electron chi connectivity index (χ4n) is 2.22. The van der Waals surface area contributed by atoms with Gasteiger partial charge in [-0.3, -0.25) is 0 Å². The third-order valence-electron chi connectivity index (χ3n) is 3.07. The van der Waals surface area contributed by atoms with Gasteiger partial charge in [0.05, 0.1) is 0 Å². The maximum atomic E-state index is 6.09. The lowest BCUT2D eigenvalue weighted by Crippen LogP contribution is -2.29. The summed E-state index contributed by atoms with van der Waals surface area (Å²) in [4.78, 5) is 0. The van der Waals surface area contributed by atoms with E-state index < -0.39 is 0 Å². The highest BCUT2D eigenvalue weighted by atomic mass is 16.5. The Kier molecular flexibility index (Phi) is 5.26. The quantitative estimate of drug-likeness (QED) is 0.747. The molecule has 2 aromatic carbocycles. The lowest BCUT2D eigenvalue weighted by Gasteiger charge is -2.26. The predicted octanol–water partition coefficient (Wildman–Crippen LogP) is 4.95. The fraction of sp³-hybridized carbons (Fsp3) is 0.368. The Bertz CT molecular complexity index is 514. The van der Waals surface area contributed by atoms with Gasteiger partial charge in [0.25, 0.3) is 0 Å². The lowest BCUT2D eigenvalue weighted by molar-refractivity contribution is 0.0905. The number of rotatable bonds is 6. The minimum atomic E-state index is 0.0348. The van der Waals surface area contributed by atoms with Gasteiger partial charge in [-0.05, 0) is 36.1 Å². The summed E-state index contributed by atoms with van der Waals surface area (Å²) >= 11 is 0. The molecule has 0 aliphatic carbocycles. The molecule has 0 saturated heterocycles. The van der Waals surface area contributed by atoms with Crippen molar-refractivity contribution in [3.8, 4) is 11.5 Å². The maximum absolute atomic E-state index is 6.09. The van der Waals surface area contributed by atoms with Crippen LogP contribution in [-0.4, -0.2) is 12.7 Å². The summed E-state index contributed by atoms with van der Waals surface area (Å²) in [6, 6.07) is 19.8. The van der Waals surface area contributed by atoms with Gasteiger partial charge in [-0.25, -0.2) is 0 Å². The zero-order chi connectivity index (χ0) is 15.1. The highest BCUT2D eigenvalue weighted by molar-refractivity contribution is 5.22. The summed E-state index contributed by atoms with van der Waals surface area (Å²) in [5.74, 6) is 1.77. The Morgan fingerprint density at radius 2 is 1.33 bits per heavy atom. The van der Waals surface area contributed by atoms with Crippen LogP contribution in [0.1, 0.15) is 27.2 Å². The van der Waals surface area contributed by atoms with Crippen LogP contribution in [0.15, 0.2) is 60.7 Å². The van der Waals surface area contributed by atoms with Crippen molar-refractivity contribution in [3.63, 3.8) is 0 Å². The predicted molar refractivity (Wildman–Crippen MR) is 86.9 cm³/mol. The molecule has 0 spiro atoms. The molecule has 2 nitrogen and oxygen atoms in total. The Labute approximate surface area is 127 Å². The van der Waals surface area contributed by atoms with E-state index >= 15 is 0 Å². The molecule has 0 radical (unpaired) electrons. The zero-order valence-corrected chi connectivity index (χ0v) is 13.1. The molecule has 1 unspecified atom stereocenters. The van der Waals surface area contributed by atoms with Crippen molar-refractivity contribution in [1.82, 2.24) is 0 Å². The average Bonchev–Trinajstić information content (AvgIpc) is 2.45. The van der Waals surface area contributed by atoms with Gasteiger partial charge in [-0.2, -0.15) is 0 Å². The molecule has 1 atom stereocenters. The molecular weight excluding hydrogens is 260 g/mol. The molecule has 0 aliphatic heterocycles. The van der Waals surface area contributed by atoms with Crippen molar-refractivity contribution in [3.05, 3.63) is 60.7 Å². The molecule has 21 heavy (non-hydrogen) atoms. The molecule has 0 heterocycles. The number of benzene rings is 2. The van der Waals surface area contributed by atoms with Crippen molar-refractivity contribution in [1.29, 1.82) is 0 Å². The topological polar surface area (TPSA) is 18.5 Å². The number of hydrogen-bond acceptors (Lipinski definition) is 2. The van der Waals surface area contributed by atoms with Crippen molar-refractivity contribution in [2.45, 2.75) is 33.3 Å². The van der Waals surface area contributed by atoms with E-state index in [2.05, 4.69) is 20.8 Å². The Balaban J connectivity index is 1.98. The second-order valence-corrected chi connectivity index (χ2v) is 6.44. The number of hydrogen-bond donors (Lipinski definition) is 0. The van der Waals surface area contributed by atoms with Crippen LogP contribution in [0, 0.1) is 5.41 Å². The van der Waals surface area contributed by atoms with Gasteiger partial charge < -0.3 is 9.47 Å². The highest BCUT2D eigenvalue weighted by Gasteiger charge is 2.21. The molecule has 0 N–H and O–H groups in total. The van der Waals surface area contributed by atoms with Crippen molar-refractivity contribution < 1.29 is 9.47 Å². The highest BCUT2D eigenvalue weighted by Crippen LogP contribution is 2.24. The molecule has 0 aromatic heterocycles. The van der Waals surface area contributed by atoms with Gasteiger partial charge in [0.15, 0.2) is 0 Å². The standard InChI is InChI=1S/C19H24O2/c1-19(2,3)14-18(21-17-12-8-5-9-13-17)15-20-16-10-6-4-7-11-16/h4-13,18H,14-15H2,1-3H3. The smallest absolute Gasteiger partial charge is 0.133 e. The van der Waals surface area contributed by atoms with Gasteiger partial charge in [-0.1, -0.05) is 57.2 Å². The summed E-state index contributed by atoms with van der Waals surface area (Å²) in [7, 11) is 0. The van der Waals surface area contributed by atoms with Crippen molar-refractivity contribution in [2.24, 2.45) is 5.41 Å². The number of para-hydroxylation sites is 2. The minimum absolute atomic E-state index is 0.0348. The summed E-state index contributed by atoms with van der Waals surface area (Å²) in [6.45, 7) is 7.21. The Morgan fingerprint density at radius 1 is 0.810 bits per heavy atom. The molecule has 0 amide bonds. The normalized spacial score (nSPS) is 12.7. The van der Waals surface area contributed by atoms with Crippen LogP contribution in [0.25, 0.3) is 0 Å². The molecule has 2 rings (SSSR count). The van der Waals surface area contributed by atoms with Crippen LogP contribution in [0.5, 0.6) is 11.5 Å². The second kappa shape index (κ2) is 7.16. The van der Waals surface area contributed by atoms with E-state index in [1.807, 2.05) is 60.7 Å². The van der Waals surface area contributed by atoms with Gasteiger partial charge in [0.1, 0.15) is 24.2 Å². The second-order valence-electron chi connectivity index (χ2n) is 6.44. The molecule has 0 bridgehead atoms. The van der Waals surface area contributed by atoms with Crippen LogP contribution in [0.2, 0.25) is 0 Å². The minimum Gasteiger partial charge on any atom is -0.490 e. The first kappa shape index (κ1) is 15.4. The van der Waals surface area contributed by atoms with Gasteiger partial charge in [0, 0.05) is 0 Å². The molecular formula is C19H24O2. The number of ether oxygens (including phenoxy) is 2. The first-order chi connectivity index (χ1) is 10.0. The first-order valence-electron chi connectivity index (χ1n) is 7.42. The van der Waals surface area contributed by atoms with Crippen molar-refractivity contribution >= 4 is 0 Å². The van der Waals surface area contributed by atoms with E-state index in [0.717, 1.165) is 17.9 Å². The summed E-state index contributed by atoms with van der Waals surface area (Å²) in [5.41, 5.74) is 0.194. The van der Waals surface area contributed by atoms with E-state index in [1.165, 1.54) is 0 Å². The van der Waals surface area contributed by atoms with Crippen LogP contribution < -0.4 is 9.47 Å². The molecule has 0 saturated carbocycles. The summed E-state index contributed by atoms with van der Waals surface area (Å²) in [6.07, 6.45) is 0.974. The molecule has 2 aromatic rings. The maximum Gasteiger partial charge on any atom is 0.133 e. The Hall–Kier alpha value is -1.96. The van der Waals surface area contributed by atoms with E-state index in [0.29, 0.717) is 6.61 Å². The lowest BCUT2D eigenvalue weighted by atomic mass is 9.89. The van der Waals surface area contributed by atoms with Crippen LogP contribution >= 0.6 is 0 Å².